The van der Waals surface area contributed by atoms with Crippen LogP contribution in [0.15, 0.2) is 18.5 Å². The summed E-state index contributed by atoms with van der Waals surface area (Å²) in [6.07, 6.45) is 5.39. The highest BCUT2D eigenvalue weighted by molar-refractivity contribution is 5.30. The molecule has 100 valence electrons. The second-order valence-corrected chi connectivity index (χ2v) is 4.39. The fourth-order valence-electron chi connectivity index (χ4n) is 1.89. The van der Waals surface area contributed by atoms with Crippen LogP contribution in [0.25, 0.3) is 0 Å². The van der Waals surface area contributed by atoms with Gasteiger partial charge in [-0.15, -0.1) is 5.10 Å². The normalized spacial score (nSPS) is 10.5. The molecule has 5 heteroatoms. The van der Waals surface area contributed by atoms with Crippen LogP contribution in [0.2, 0.25) is 0 Å². The van der Waals surface area contributed by atoms with E-state index < -0.39 is 0 Å². The van der Waals surface area contributed by atoms with E-state index in [4.69, 9.17) is 0 Å². The predicted octanol–water partition coefficient (Wildman–Crippen LogP) is 2.31. The first-order valence-corrected chi connectivity index (χ1v) is 6.60. The molecule has 0 aliphatic rings. The summed E-state index contributed by atoms with van der Waals surface area (Å²) < 4.78 is 0. The van der Waals surface area contributed by atoms with Gasteiger partial charge >= 0.3 is 0 Å². The van der Waals surface area contributed by atoms with Gasteiger partial charge in [0.1, 0.15) is 0 Å². The van der Waals surface area contributed by atoms with Crippen molar-refractivity contribution in [3.8, 4) is 0 Å². The third kappa shape index (κ3) is 3.24. The Bertz CT molecular complexity index is 553. The van der Waals surface area contributed by atoms with Crippen molar-refractivity contribution in [2.24, 2.45) is 0 Å². The van der Waals surface area contributed by atoms with Gasteiger partial charge in [0.15, 0.2) is 0 Å². The van der Waals surface area contributed by atoms with Crippen molar-refractivity contribution in [2.75, 3.05) is 5.32 Å². The Hall–Kier alpha value is -2.04. The SMILES string of the molecule is CCc1nnc(NCc2ccncc2C)nc1CC. The highest BCUT2D eigenvalue weighted by Gasteiger charge is 2.06. The Balaban J connectivity index is 2.10. The number of hydrogen-bond acceptors (Lipinski definition) is 5. The smallest absolute Gasteiger partial charge is 0.243 e. The number of rotatable bonds is 5. The topological polar surface area (TPSA) is 63.6 Å². The molecule has 0 unspecified atom stereocenters. The lowest BCUT2D eigenvalue weighted by Crippen LogP contribution is -2.10. The molecule has 0 atom stereocenters. The summed E-state index contributed by atoms with van der Waals surface area (Å²) in [7, 11) is 0. The van der Waals surface area contributed by atoms with Gasteiger partial charge in [0.25, 0.3) is 0 Å². The van der Waals surface area contributed by atoms with Crippen molar-refractivity contribution >= 4 is 5.95 Å². The van der Waals surface area contributed by atoms with Crippen LogP contribution in [0.3, 0.4) is 0 Å². The van der Waals surface area contributed by atoms with Gasteiger partial charge in [-0.1, -0.05) is 13.8 Å². The molecule has 0 spiro atoms. The Morgan fingerprint density at radius 3 is 2.58 bits per heavy atom. The molecule has 0 fully saturated rings. The zero-order chi connectivity index (χ0) is 13.7. The molecule has 1 N–H and O–H groups in total. The second-order valence-electron chi connectivity index (χ2n) is 4.39. The molecule has 0 aliphatic heterocycles. The van der Waals surface area contributed by atoms with Crippen LogP contribution in [0.5, 0.6) is 0 Å². The molecule has 0 saturated heterocycles. The molecule has 0 amide bonds. The molecule has 19 heavy (non-hydrogen) atoms. The number of aryl methyl sites for hydroxylation is 3. The molecule has 2 heterocycles. The van der Waals surface area contributed by atoms with E-state index >= 15 is 0 Å². The van der Waals surface area contributed by atoms with Crippen molar-refractivity contribution in [3.63, 3.8) is 0 Å². The van der Waals surface area contributed by atoms with Gasteiger partial charge in [0, 0.05) is 18.9 Å². The first-order chi connectivity index (χ1) is 9.24. The first kappa shape index (κ1) is 13.4. The highest BCUT2D eigenvalue weighted by Crippen LogP contribution is 2.10. The fourth-order valence-corrected chi connectivity index (χ4v) is 1.89. The van der Waals surface area contributed by atoms with Crippen molar-refractivity contribution < 1.29 is 0 Å². The number of anilines is 1. The lowest BCUT2D eigenvalue weighted by molar-refractivity contribution is 0.819. The molecule has 2 aromatic heterocycles. The van der Waals surface area contributed by atoms with E-state index in [0.717, 1.165) is 29.8 Å². The van der Waals surface area contributed by atoms with Crippen molar-refractivity contribution in [3.05, 3.63) is 41.0 Å². The lowest BCUT2D eigenvalue weighted by Gasteiger charge is -2.09. The summed E-state index contributed by atoms with van der Waals surface area (Å²) in [6.45, 7) is 6.88. The fraction of sp³-hybridized carbons (Fsp3) is 0.429. The van der Waals surface area contributed by atoms with Crippen LogP contribution in [-0.2, 0) is 19.4 Å². The number of nitrogens with zero attached hydrogens (tertiary/aromatic N) is 4. The summed E-state index contributed by atoms with van der Waals surface area (Å²) in [5.74, 6) is 0.588. The van der Waals surface area contributed by atoms with Gasteiger partial charge in [-0.2, -0.15) is 5.10 Å². The zero-order valence-corrected chi connectivity index (χ0v) is 11.6. The summed E-state index contributed by atoms with van der Waals surface area (Å²) >= 11 is 0. The summed E-state index contributed by atoms with van der Waals surface area (Å²) in [6, 6.07) is 2.00. The monoisotopic (exact) mass is 257 g/mol. The molecule has 2 rings (SSSR count). The zero-order valence-electron chi connectivity index (χ0n) is 11.6. The van der Waals surface area contributed by atoms with Crippen LogP contribution in [-0.4, -0.2) is 20.2 Å². The van der Waals surface area contributed by atoms with Crippen LogP contribution >= 0.6 is 0 Å². The molecule has 0 radical (unpaired) electrons. The molecule has 0 aliphatic carbocycles. The maximum absolute atomic E-state index is 4.51. The second kappa shape index (κ2) is 6.22. The van der Waals surface area contributed by atoms with Crippen LogP contribution < -0.4 is 5.32 Å². The van der Waals surface area contributed by atoms with Crippen LogP contribution in [0.1, 0.15) is 36.4 Å². The van der Waals surface area contributed by atoms with Crippen molar-refractivity contribution in [2.45, 2.75) is 40.2 Å². The van der Waals surface area contributed by atoms with Gasteiger partial charge in [-0.3, -0.25) is 4.98 Å². The molecule has 0 saturated carbocycles. The van der Waals surface area contributed by atoms with Crippen LogP contribution in [0.4, 0.5) is 5.95 Å². The van der Waals surface area contributed by atoms with Gasteiger partial charge in [-0.05, 0) is 37.0 Å². The minimum atomic E-state index is 0.588. The first-order valence-electron chi connectivity index (χ1n) is 6.60. The van der Waals surface area contributed by atoms with E-state index in [2.05, 4.69) is 39.3 Å². The molecule has 0 aromatic carbocycles. The van der Waals surface area contributed by atoms with Crippen LogP contribution in [0, 0.1) is 6.92 Å². The van der Waals surface area contributed by atoms with Gasteiger partial charge in [0.05, 0.1) is 11.4 Å². The number of aromatic nitrogens is 4. The molecule has 0 bridgehead atoms. The van der Waals surface area contributed by atoms with E-state index in [-0.39, 0.29) is 0 Å². The predicted molar refractivity (Wildman–Crippen MR) is 74.9 cm³/mol. The third-order valence-electron chi connectivity index (χ3n) is 3.08. The Labute approximate surface area is 113 Å². The quantitative estimate of drug-likeness (QED) is 0.890. The Morgan fingerprint density at radius 1 is 1.11 bits per heavy atom. The van der Waals surface area contributed by atoms with E-state index in [1.165, 1.54) is 5.56 Å². The van der Waals surface area contributed by atoms with Crippen molar-refractivity contribution in [1.82, 2.24) is 20.2 Å². The summed E-state index contributed by atoms with van der Waals surface area (Å²) in [4.78, 5) is 8.59. The molecular weight excluding hydrogens is 238 g/mol. The van der Waals surface area contributed by atoms with E-state index in [0.29, 0.717) is 12.5 Å². The average Bonchev–Trinajstić information content (AvgIpc) is 2.46. The van der Waals surface area contributed by atoms with Gasteiger partial charge in [-0.25, -0.2) is 4.98 Å². The van der Waals surface area contributed by atoms with E-state index in [9.17, 15) is 0 Å². The van der Waals surface area contributed by atoms with E-state index in [1.807, 2.05) is 19.2 Å². The van der Waals surface area contributed by atoms with Gasteiger partial charge in [0.2, 0.25) is 5.95 Å². The number of hydrogen-bond donors (Lipinski definition) is 1. The third-order valence-corrected chi connectivity index (χ3v) is 3.08. The summed E-state index contributed by atoms with van der Waals surface area (Å²) in [5.41, 5.74) is 4.35. The Morgan fingerprint density at radius 2 is 1.89 bits per heavy atom. The maximum atomic E-state index is 4.51. The Kier molecular flexibility index (Phi) is 4.39. The maximum Gasteiger partial charge on any atom is 0.243 e. The number of pyridine rings is 1. The van der Waals surface area contributed by atoms with Crippen molar-refractivity contribution in [1.29, 1.82) is 0 Å². The highest BCUT2D eigenvalue weighted by atomic mass is 15.2. The standard InChI is InChI=1S/C14H19N5/c1-4-12-13(5-2)18-19-14(17-12)16-9-11-6-7-15-8-10(11)3/h6-8H,4-5,9H2,1-3H3,(H,16,17,19). The number of nitrogens with one attached hydrogen (secondary N) is 1. The summed E-state index contributed by atoms with van der Waals surface area (Å²) in [5, 5.41) is 11.5. The minimum absolute atomic E-state index is 0.588. The van der Waals surface area contributed by atoms with Gasteiger partial charge < -0.3 is 5.32 Å². The molecular formula is C14H19N5. The average molecular weight is 257 g/mol. The van der Waals surface area contributed by atoms with E-state index in [1.54, 1.807) is 6.20 Å². The molecule has 2 aromatic rings. The largest absolute Gasteiger partial charge is 0.349 e. The minimum Gasteiger partial charge on any atom is -0.349 e. The molecule has 5 nitrogen and oxygen atoms in total. The lowest BCUT2D eigenvalue weighted by atomic mass is 10.1.